The van der Waals surface area contributed by atoms with Crippen molar-refractivity contribution in [1.82, 2.24) is 5.32 Å². The molecule has 1 fully saturated rings. The minimum Gasteiger partial charge on any atom is -0.314 e. The average molecular weight is 191 g/mol. The topological polar surface area (TPSA) is 59.6 Å². The van der Waals surface area contributed by atoms with Crippen molar-refractivity contribution in [2.75, 3.05) is 13.1 Å². The number of rotatable bonds is 1. The second kappa shape index (κ2) is 3.59. The van der Waals surface area contributed by atoms with Gasteiger partial charge in [-0.25, -0.2) is 0 Å². The van der Waals surface area contributed by atoms with E-state index in [0.717, 1.165) is 13.0 Å². The van der Waals surface area contributed by atoms with Crippen LogP contribution in [0.25, 0.3) is 0 Å². The Morgan fingerprint density at radius 3 is 2.36 bits per heavy atom. The zero-order valence-electron chi connectivity index (χ0n) is 9.09. The molecule has 14 heavy (non-hydrogen) atoms. The normalized spacial score (nSPS) is 25.4. The van der Waals surface area contributed by atoms with Crippen LogP contribution in [-0.2, 0) is 0 Å². The van der Waals surface area contributed by atoms with E-state index in [0.29, 0.717) is 6.54 Å². The van der Waals surface area contributed by atoms with Gasteiger partial charge >= 0.3 is 0 Å². The Kier molecular flexibility index (Phi) is 2.83. The fourth-order valence-electron chi connectivity index (χ4n) is 2.03. The molecule has 0 radical (unpaired) electrons. The summed E-state index contributed by atoms with van der Waals surface area (Å²) < 4.78 is 0. The SMILES string of the molecule is CC(C)(C)CC1CNCC1(C#N)C#N. The van der Waals surface area contributed by atoms with Crippen molar-refractivity contribution in [2.24, 2.45) is 16.7 Å². The molecule has 0 spiro atoms. The molecule has 3 nitrogen and oxygen atoms in total. The summed E-state index contributed by atoms with van der Waals surface area (Å²) in [6.45, 7) is 7.74. The van der Waals surface area contributed by atoms with E-state index >= 15 is 0 Å². The lowest BCUT2D eigenvalue weighted by atomic mass is 9.72. The summed E-state index contributed by atoms with van der Waals surface area (Å²) in [5, 5.41) is 21.3. The van der Waals surface area contributed by atoms with Crippen LogP contribution in [0.15, 0.2) is 0 Å². The minimum atomic E-state index is -0.798. The van der Waals surface area contributed by atoms with Gasteiger partial charge in [0.15, 0.2) is 5.41 Å². The third kappa shape index (κ3) is 2.05. The molecule has 1 rings (SSSR count). The lowest BCUT2D eigenvalue weighted by Gasteiger charge is -2.27. The van der Waals surface area contributed by atoms with Gasteiger partial charge in [-0.2, -0.15) is 10.5 Å². The van der Waals surface area contributed by atoms with Crippen molar-refractivity contribution in [1.29, 1.82) is 10.5 Å². The van der Waals surface area contributed by atoms with Crippen LogP contribution >= 0.6 is 0 Å². The monoisotopic (exact) mass is 191 g/mol. The maximum Gasteiger partial charge on any atom is 0.160 e. The van der Waals surface area contributed by atoms with Crippen molar-refractivity contribution in [2.45, 2.75) is 27.2 Å². The lowest BCUT2D eigenvalue weighted by Crippen LogP contribution is -2.29. The Hall–Kier alpha value is -1.06. The van der Waals surface area contributed by atoms with Crippen molar-refractivity contribution in [3.8, 4) is 12.1 Å². The first-order valence-corrected chi connectivity index (χ1v) is 4.97. The molecule has 3 heteroatoms. The van der Waals surface area contributed by atoms with E-state index in [2.05, 4.69) is 38.2 Å². The number of nitrogens with zero attached hydrogens (tertiary/aromatic N) is 2. The Morgan fingerprint density at radius 2 is 1.93 bits per heavy atom. The third-order valence-corrected chi connectivity index (χ3v) is 2.75. The fourth-order valence-corrected chi connectivity index (χ4v) is 2.03. The van der Waals surface area contributed by atoms with Crippen LogP contribution in [0.5, 0.6) is 0 Å². The molecular formula is C11H17N3. The Labute approximate surface area is 85.7 Å². The number of hydrogen-bond acceptors (Lipinski definition) is 3. The maximum absolute atomic E-state index is 9.07. The lowest BCUT2D eigenvalue weighted by molar-refractivity contribution is 0.255. The molecule has 0 bridgehead atoms. The van der Waals surface area contributed by atoms with Crippen LogP contribution in [0.4, 0.5) is 0 Å². The molecule has 1 atom stereocenters. The summed E-state index contributed by atoms with van der Waals surface area (Å²) in [4.78, 5) is 0. The van der Waals surface area contributed by atoms with Crippen LogP contribution in [0, 0.1) is 39.4 Å². The molecule has 0 saturated carbocycles. The Morgan fingerprint density at radius 1 is 1.36 bits per heavy atom. The second-order valence-electron chi connectivity index (χ2n) is 5.29. The molecule has 76 valence electrons. The Balaban J connectivity index is 2.81. The van der Waals surface area contributed by atoms with Gasteiger partial charge in [0.05, 0.1) is 12.1 Å². The molecule has 1 unspecified atom stereocenters. The molecular weight excluding hydrogens is 174 g/mol. The highest BCUT2D eigenvalue weighted by molar-refractivity contribution is 5.21. The molecule has 0 aromatic heterocycles. The highest BCUT2D eigenvalue weighted by atomic mass is 14.9. The molecule has 1 N–H and O–H groups in total. The first-order chi connectivity index (χ1) is 6.43. The first kappa shape index (κ1) is 11.0. The summed E-state index contributed by atoms with van der Waals surface area (Å²) in [7, 11) is 0. The molecule has 0 amide bonds. The van der Waals surface area contributed by atoms with Crippen molar-refractivity contribution in [3.63, 3.8) is 0 Å². The highest BCUT2D eigenvalue weighted by Crippen LogP contribution is 2.38. The number of hydrogen-bond donors (Lipinski definition) is 1. The maximum atomic E-state index is 9.07. The van der Waals surface area contributed by atoms with Crippen LogP contribution in [0.3, 0.4) is 0 Å². The van der Waals surface area contributed by atoms with Gasteiger partial charge in [-0.05, 0) is 11.8 Å². The minimum absolute atomic E-state index is 0.164. The van der Waals surface area contributed by atoms with Crippen LogP contribution in [-0.4, -0.2) is 13.1 Å². The van der Waals surface area contributed by atoms with Gasteiger partial charge in [0.25, 0.3) is 0 Å². The second-order valence-corrected chi connectivity index (χ2v) is 5.29. The smallest absolute Gasteiger partial charge is 0.160 e. The highest BCUT2D eigenvalue weighted by Gasteiger charge is 2.45. The summed E-state index contributed by atoms with van der Waals surface area (Å²) in [5.41, 5.74) is -0.622. The molecule has 1 saturated heterocycles. The molecule has 0 aromatic carbocycles. The molecule has 1 aliphatic rings. The van der Waals surface area contributed by atoms with Gasteiger partial charge in [0, 0.05) is 19.0 Å². The zero-order valence-corrected chi connectivity index (χ0v) is 9.09. The van der Waals surface area contributed by atoms with Gasteiger partial charge in [-0.15, -0.1) is 0 Å². The number of nitriles is 2. The molecule has 0 aliphatic carbocycles. The van der Waals surface area contributed by atoms with Crippen LogP contribution in [0.1, 0.15) is 27.2 Å². The van der Waals surface area contributed by atoms with E-state index in [-0.39, 0.29) is 11.3 Å². The fraction of sp³-hybridized carbons (Fsp3) is 0.818. The standard InChI is InChI=1S/C11H17N3/c1-10(2,3)4-9-5-14-8-11(9,6-12)7-13/h9,14H,4-5,8H2,1-3H3. The van der Waals surface area contributed by atoms with Crippen molar-refractivity contribution >= 4 is 0 Å². The summed E-state index contributed by atoms with van der Waals surface area (Å²) in [6, 6.07) is 4.35. The molecule has 1 heterocycles. The van der Waals surface area contributed by atoms with E-state index in [9.17, 15) is 0 Å². The van der Waals surface area contributed by atoms with Crippen molar-refractivity contribution in [3.05, 3.63) is 0 Å². The van der Waals surface area contributed by atoms with Crippen LogP contribution < -0.4 is 5.32 Å². The predicted octanol–water partition coefficient (Wildman–Crippen LogP) is 1.68. The van der Waals surface area contributed by atoms with Crippen molar-refractivity contribution < 1.29 is 0 Å². The third-order valence-electron chi connectivity index (χ3n) is 2.75. The van der Waals surface area contributed by atoms with Gasteiger partial charge < -0.3 is 5.32 Å². The van der Waals surface area contributed by atoms with Gasteiger partial charge in [-0.1, -0.05) is 20.8 Å². The predicted molar refractivity (Wildman–Crippen MR) is 54.1 cm³/mol. The van der Waals surface area contributed by atoms with Gasteiger partial charge in [-0.3, -0.25) is 0 Å². The molecule has 1 aliphatic heterocycles. The largest absolute Gasteiger partial charge is 0.314 e. The van der Waals surface area contributed by atoms with E-state index < -0.39 is 5.41 Å². The summed E-state index contributed by atoms with van der Waals surface area (Å²) in [6.07, 6.45) is 0.918. The van der Waals surface area contributed by atoms with E-state index in [1.807, 2.05) is 0 Å². The van der Waals surface area contributed by atoms with E-state index in [4.69, 9.17) is 10.5 Å². The summed E-state index contributed by atoms with van der Waals surface area (Å²) >= 11 is 0. The van der Waals surface area contributed by atoms with E-state index in [1.54, 1.807) is 0 Å². The van der Waals surface area contributed by atoms with Gasteiger partial charge in [0.2, 0.25) is 0 Å². The molecule has 0 aromatic rings. The average Bonchev–Trinajstić information content (AvgIpc) is 2.46. The quantitative estimate of drug-likeness (QED) is 0.686. The first-order valence-electron chi connectivity index (χ1n) is 4.97. The van der Waals surface area contributed by atoms with E-state index in [1.165, 1.54) is 0 Å². The Bertz CT molecular complexity index is 273. The van der Waals surface area contributed by atoms with Gasteiger partial charge in [0.1, 0.15) is 0 Å². The van der Waals surface area contributed by atoms with Crippen LogP contribution in [0.2, 0.25) is 0 Å². The number of nitrogens with one attached hydrogen (secondary N) is 1. The summed E-state index contributed by atoms with van der Waals surface area (Å²) in [5.74, 6) is 0.164. The zero-order chi connectivity index (χ0) is 10.8.